The molecule has 4 nitrogen and oxygen atoms in total. The van der Waals surface area contributed by atoms with Crippen molar-refractivity contribution < 1.29 is 9.84 Å². The topological polar surface area (TPSA) is 47.3 Å². The Balaban J connectivity index is 2.41. The van der Waals surface area contributed by atoms with Gasteiger partial charge in [-0.1, -0.05) is 0 Å². The van der Waals surface area contributed by atoms with E-state index in [1.165, 1.54) is 0 Å². The lowest BCUT2D eigenvalue weighted by molar-refractivity contribution is 0.0650. The minimum atomic E-state index is -0.431. The van der Waals surface area contributed by atoms with Gasteiger partial charge in [0, 0.05) is 26.8 Å². The molecule has 1 aromatic rings. The van der Waals surface area contributed by atoms with Crippen LogP contribution in [0.2, 0.25) is 0 Å². The van der Waals surface area contributed by atoms with Crippen LogP contribution in [0.25, 0.3) is 0 Å². The molecular weight excluding hydrogens is 156 g/mol. The summed E-state index contributed by atoms with van der Waals surface area (Å²) in [7, 11) is 3.43. The van der Waals surface area contributed by atoms with E-state index in [0.717, 1.165) is 5.56 Å². The molecule has 1 rings (SSSR count). The third kappa shape index (κ3) is 2.64. The smallest absolute Gasteiger partial charge is 0.0814 e. The molecule has 0 spiro atoms. The molecule has 0 aliphatic heterocycles. The van der Waals surface area contributed by atoms with Crippen LogP contribution in [-0.4, -0.2) is 34.7 Å². The zero-order valence-corrected chi connectivity index (χ0v) is 7.40. The molecule has 0 aliphatic rings. The number of aliphatic hydroxyl groups excluding tert-OH is 1. The average molecular weight is 170 g/mol. The van der Waals surface area contributed by atoms with E-state index in [-0.39, 0.29) is 0 Å². The van der Waals surface area contributed by atoms with Crippen molar-refractivity contribution in [2.24, 2.45) is 7.05 Å². The zero-order valence-electron chi connectivity index (χ0n) is 7.40. The molecule has 1 heterocycles. The first kappa shape index (κ1) is 9.22. The highest BCUT2D eigenvalue weighted by Gasteiger charge is 2.05. The molecular formula is C8H14N2O2. The van der Waals surface area contributed by atoms with E-state index in [9.17, 15) is 5.11 Å². The van der Waals surface area contributed by atoms with Gasteiger partial charge in [-0.25, -0.2) is 0 Å². The molecule has 0 fully saturated rings. The third-order valence-corrected chi connectivity index (χ3v) is 1.59. The van der Waals surface area contributed by atoms with Gasteiger partial charge in [0.2, 0.25) is 0 Å². The van der Waals surface area contributed by atoms with Gasteiger partial charge in [-0.3, -0.25) is 4.68 Å². The van der Waals surface area contributed by atoms with Crippen LogP contribution in [-0.2, 0) is 18.2 Å². The summed E-state index contributed by atoms with van der Waals surface area (Å²) >= 11 is 0. The fourth-order valence-corrected chi connectivity index (χ4v) is 1.10. The Labute approximate surface area is 71.8 Å². The van der Waals surface area contributed by atoms with Gasteiger partial charge in [0.15, 0.2) is 0 Å². The summed E-state index contributed by atoms with van der Waals surface area (Å²) in [5.74, 6) is 0. The van der Waals surface area contributed by atoms with Crippen LogP contribution >= 0.6 is 0 Å². The minimum Gasteiger partial charge on any atom is -0.390 e. The molecule has 0 aromatic carbocycles. The van der Waals surface area contributed by atoms with E-state index < -0.39 is 6.10 Å². The summed E-state index contributed by atoms with van der Waals surface area (Å²) < 4.78 is 6.52. The van der Waals surface area contributed by atoms with Crippen LogP contribution in [0.3, 0.4) is 0 Å². The lowest BCUT2D eigenvalue weighted by atomic mass is 10.2. The van der Waals surface area contributed by atoms with Gasteiger partial charge in [0.1, 0.15) is 0 Å². The number of hydrogen-bond donors (Lipinski definition) is 1. The Bertz CT molecular complexity index is 235. The van der Waals surface area contributed by atoms with E-state index in [0.29, 0.717) is 13.0 Å². The fourth-order valence-electron chi connectivity index (χ4n) is 1.10. The van der Waals surface area contributed by atoms with Crippen molar-refractivity contribution in [3.63, 3.8) is 0 Å². The second-order valence-corrected chi connectivity index (χ2v) is 2.84. The number of aryl methyl sites for hydroxylation is 1. The maximum absolute atomic E-state index is 9.35. The van der Waals surface area contributed by atoms with Crippen LogP contribution in [0.15, 0.2) is 12.4 Å². The second kappa shape index (κ2) is 4.23. The quantitative estimate of drug-likeness (QED) is 0.690. The van der Waals surface area contributed by atoms with E-state index in [4.69, 9.17) is 4.74 Å². The summed E-state index contributed by atoms with van der Waals surface area (Å²) in [6, 6.07) is 0. The van der Waals surface area contributed by atoms with Crippen LogP contribution in [0.5, 0.6) is 0 Å². The van der Waals surface area contributed by atoms with Crippen molar-refractivity contribution in [2.45, 2.75) is 12.5 Å². The molecule has 0 amide bonds. The Morgan fingerprint density at radius 1 is 1.75 bits per heavy atom. The number of aromatic nitrogens is 2. The highest BCUT2D eigenvalue weighted by atomic mass is 16.5. The fraction of sp³-hybridized carbons (Fsp3) is 0.625. The van der Waals surface area contributed by atoms with Crippen molar-refractivity contribution in [1.29, 1.82) is 0 Å². The summed E-state index contributed by atoms with van der Waals surface area (Å²) in [5.41, 5.74) is 1.03. The predicted octanol–water partition coefficient (Wildman–Crippen LogP) is -0.0301. The van der Waals surface area contributed by atoms with E-state index in [1.54, 1.807) is 18.0 Å². The van der Waals surface area contributed by atoms with Crippen molar-refractivity contribution in [2.75, 3.05) is 13.7 Å². The molecule has 4 heteroatoms. The summed E-state index contributed by atoms with van der Waals surface area (Å²) in [5, 5.41) is 13.3. The van der Waals surface area contributed by atoms with Crippen molar-refractivity contribution >= 4 is 0 Å². The first-order valence-electron chi connectivity index (χ1n) is 3.87. The maximum atomic E-state index is 9.35. The lowest BCUT2D eigenvalue weighted by Crippen LogP contribution is -2.16. The first-order valence-corrected chi connectivity index (χ1v) is 3.87. The zero-order chi connectivity index (χ0) is 8.97. The number of nitrogens with zero attached hydrogens (tertiary/aromatic N) is 2. The standard InChI is InChI=1S/C8H14N2O2/c1-10-5-7(4-9-10)3-8(11)6-12-2/h4-5,8,11H,3,6H2,1-2H3. The molecule has 0 radical (unpaired) electrons. The molecule has 1 aromatic heterocycles. The molecule has 0 saturated heterocycles. The van der Waals surface area contributed by atoms with Gasteiger partial charge in [-0.2, -0.15) is 5.10 Å². The van der Waals surface area contributed by atoms with E-state index >= 15 is 0 Å². The van der Waals surface area contributed by atoms with Gasteiger partial charge in [-0.15, -0.1) is 0 Å². The molecule has 0 aliphatic carbocycles. The van der Waals surface area contributed by atoms with Gasteiger partial charge in [0.25, 0.3) is 0 Å². The van der Waals surface area contributed by atoms with Gasteiger partial charge < -0.3 is 9.84 Å². The molecule has 1 unspecified atom stereocenters. The number of ether oxygens (including phenoxy) is 1. The maximum Gasteiger partial charge on any atom is 0.0814 e. The largest absolute Gasteiger partial charge is 0.390 e. The Morgan fingerprint density at radius 3 is 3.00 bits per heavy atom. The van der Waals surface area contributed by atoms with Crippen LogP contribution in [0.4, 0.5) is 0 Å². The first-order chi connectivity index (χ1) is 5.72. The van der Waals surface area contributed by atoms with Gasteiger partial charge in [0.05, 0.1) is 18.9 Å². The summed E-state index contributed by atoms with van der Waals surface area (Å²) in [4.78, 5) is 0. The average Bonchev–Trinajstić information content (AvgIpc) is 2.36. The van der Waals surface area contributed by atoms with Crippen LogP contribution in [0.1, 0.15) is 5.56 Å². The number of rotatable bonds is 4. The Kier molecular flexibility index (Phi) is 3.25. The van der Waals surface area contributed by atoms with Gasteiger partial charge >= 0.3 is 0 Å². The normalized spacial score (nSPS) is 13.2. The highest BCUT2D eigenvalue weighted by Crippen LogP contribution is 2.01. The number of methoxy groups -OCH3 is 1. The van der Waals surface area contributed by atoms with Crippen molar-refractivity contribution in [3.8, 4) is 0 Å². The highest BCUT2D eigenvalue weighted by molar-refractivity contribution is 5.04. The third-order valence-electron chi connectivity index (χ3n) is 1.59. The van der Waals surface area contributed by atoms with Crippen molar-refractivity contribution in [1.82, 2.24) is 9.78 Å². The number of aliphatic hydroxyl groups is 1. The van der Waals surface area contributed by atoms with E-state index in [2.05, 4.69) is 5.10 Å². The molecule has 68 valence electrons. The molecule has 12 heavy (non-hydrogen) atoms. The second-order valence-electron chi connectivity index (χ2n) is 2.84. The molecule has 1 atom stereocenters. The monoisotopic (exact) mass is 170 g/mol. The summed E-state index contributed by atoms with van der Waals surface area (Å²) in [6.45, 7) is 0.370. The SMILES string of the molecule is COCC(O)Cc1cnn(C)c1. The minimum absolute atomic E-state index is 0.370. The number of hydrogen-bond acceptors (Lipinski definition) is 3. The molecule has 0 bridgehead atoms. The van der Waals surface area contributed by atoms with Crippen LogP contribution in [0, 0.1) is 0 Å². The Hall–Kier alpha value is -0.870. The van der Waals surface area contributed by atoms with E-state index in [1.807, 2.05) is 13.2 Å². The molecule has 0 saturated carbocycles. The predicted molar refractivity (Wildman–Crippen MR) is 44.8 cm³/mol. The van der Waals surface area contributed by atoms with Gasteiger partial charge in [-0.05, 0) is 5.56 Å². The molecule has 1 N–H and O–H groups in total. The lowest BCUT2D eigenvalue weighted by Gasteiger charge is -2.06. The Morgan fingerprint density at radius 2 is 2.50 bits per heavy atom. The van der Waals surface area contributed by atoms with Crippen molar-refractivity contribution in [3.05, 3.63) is 18.0 Å². The van der Waals surface area contributed by atoms with Crippen LogP contribution < -0.4 is 0 Å². The summed E-state index contributed by atoms with van der Waals surface area (Å²) in [6.07, 6.45) is 3.80.